The first-order chi connectivity index (χ1) is 7.15. The van der Waals surface area contributed by atoms with E-state index in [2.05, 4.69) is 0 Å². The quantitative estimate of drug-likeness (QED) is 0.623. The van der Waals surface area contributed by atoms with Crippen LogP contribution in [0.5, 0.6) is 0 Å². The fourth-order valence-electron chi connectivity index (χ4n) is 1.21. The normalized spacial score (nSPS) is 12.8. The van der Waals surface area contributed by atoms with Gasteiger partial charge in [0.2, 0.25) is 0 Å². The second-order valence-electron chi connectivity index (χ2n) is 3.20. The van der Waals surface area contributed by atoms with Crippen molar-refractivity contribution in [2.24, 2.45) is 0 Å². The first-order valence-electron chi connectivity index (χ1n) is 4.74. The number of ether oxygens (including phenoxy) is 1. The van der Waals surface area contributed by atoms with E-state index in [4.69, 9.17) is 4.74 Å². The molecule has 0 heterocycles. The third-order valence-corrected chi connectivity index (χ3v) is 3.02. The van der Waals surface area contributed by atoms with Crippen LogP contribution in [0.2, 0.25) is 0 Å². The topological polar surface area (TPSA) is 29.5 Å². The number of aliphatic hydroxyl groups excluding tert-OH is 1. The lowest BCUT2D eigenvalue weighted by Crippen LogP contribution is -1.97. The van der Waals surface area contributed by atoms with Crippen LogP contribution in [-0.4, -0.2) is 24.6 Å². The van der Waals surface area contributed by atoms with Crippen LogP contribution in [0.25, 0.3) is 0 Å². The second kappa shape index (κ2) is 6.10. The average molecular weight is 230 g/mol. The van der Waals surface area contributed by atoms with Crippen molar-refractivity contribution in [3.05, 3.63) is 29.6 Å². The Morgan fingerprint density at radius 2 is 2.27 bits per heavy atom. The minimum absolute atomic E-state index is 0.318. The maximum atomic E-state index is 13.0. The summed E-state index contributed by atoms with van der Waals surface area (Å²) in [4.78, 5) is 0.906. The zero-order valence-corrected chi connectivity index (χ0v) is 9.68. The van der Waals surface area contributed by atoms with E-state index in [-0.39, 0.29) is 5.82 Å². The zero-order valence-electron chi connectivity index (χ0n) is 8.87. The first kappa shape index (κ1) is 12.5. The Morgan fingerprint density at radius 3 is 2.87 bits per heavy atom. The fourth-order valence-corrected chi connectivity index (χ4v) is 2.24. The van der Waals surface area contributed by atoms with Gasteiger partial charge in [0.1, 0.15) is 5.82 Å². The highest BCUT2D eigenvalue weighted by Gasteiger charge is 2.09. The third kappa shape index (κ3) is 3.81. The van der Waals surface area contributed by atoms with Gasteiger partial charge >= 0.3 is 0 Å². The van der Waals surface area contributed by atoms with Crippen molar-refractivity contribution < 1.29 is 14.2 Å². The van der Waals surface area contributed by atoms with E-state index in [1.54, 1.807) is 31.9 Å². The number of aliphatic hydroxyl groups is 1. The molecule has 0 saturated carbocycles. The summed E-state index contributed by atoms with van der Waals surface area (Å²) in [5.74, 6) is 0.476. The van der Waals surface area contributed by atoms with E-state index in [9.17, 15) is 9.50 Å². The van der Waals surface area contributed by atoms with Gasteiger partial charge in [-0.3, -0.25) is 0 Å². The molecule has 0 aliphatic rings. The fraction of sp³-hybridized carbons (Fsp3) is 0.455. The van der Waals surface area contributed by atoms with Crippen molar-refractivity contribution >= 4 is 11.8 Å². The highest BCUT2D eigenvalue weighted by atomic mass is 32.2. The summed E-state index contributed by atoms with van der Waals surface area (Å²) in [7, 11) is 1.64. The molecule has 0 fully saturated rings. The van der Waals surface area contributed by atoms with Gasteiger partial charge in [-0.2, -0.15) is 0 Å². The van der Waals surface area contributed by atoms with Crippen LogP contribution in [0.4, 0.5) is 4.39 Å². The van der Waals surface area contributed by atoms with Gasteiger partial charge in [-0.1, -0.05) is 0 Å². The number of hydrogen-bond acceptors (Lipinski definition) is 3. The molecule has 0 saturated heterocycles. The second-order valence-corrected chi connectivity index (χ2v) is 4.34. The molecule has 1 aromatic carbocycles. The van der Waals surface area contributed by atoms with Crippen LogP contribution in [-0.2, 0) is 4.74 Å². The van der Waals surface area contributed by atoms with Crippen LogP contribution >= 0.6 is 11.8 Å². The van der Waals surface area contributed by atoms with Crippen LogP contribution in [0.3, 0.4) is 0 Å². The van der Waals surface area contributed by atoms with Gasteiger partial charge in [-0.05, 0) is 30.7 Å². The van der Waals surface area contributed by atoms with E-state index < -0.39 is 6.10 Å². The van der Waals surface area contributed by atoms with E-state index in [1.165, 1.54) is 12.1 Å². The molecule has 0 aromatic heterocycles. The van der Waals surface area contributed by atoms with Crippen molar-refractivity contribution in [3.63, 3.8) is 0 Å². The minimum Gasteiger partial charge on any atom is -0.389 e. The van der Waals surface area contributed by atoms with Gasteiger partial charge in [0.05, 0.1) is 12.7 Å². The molecule has 0 aliphatic heterocycles. The lowest BCUT2D eigenvalue weighted by molar-refractivity contribution is 0.195. The van der Waals surface area contributed by atoms with E-state index in [0.29, 0.717) is 12.2 Å². The van der Waals surface area contributed by atoms with Crippen molar-refractivity contribution in [2.75, 3.05) is 19.5 Å². The Hall–Kier alpha value is -0.580. The minimum atomic E-state index is -0.647. The summed E-state index contributed by atoms with van der Waals surface area (Å²) in [6.07, 6.45) is -0.647. The van der Waals surface area contributed by atoms with Crippen molar-refractivity contribution in [3.8, 4) is 0 Å². The van der Waals surface area contributed by atoms with Crippen molar-refractivity contribution in [1.82, 2.24) is 0 Å². The third-order valence-electron chi connectivity index (χ3n) is 1.97. The van der Waals surface area contributed by atoms with Gasteiger partial charge in [0.15, 0.2) is 0 Å². The van der Waals surface area contributed by atoms with Gasteiger partial charge in [-0.15, -0.1) is 11.8 Å². The summed E-state index contributed by atoms with van der Waals surface area (Å²) in [6.45, 7) is 2.27. The summed E-state index contributed by atoms with van der Waals surface area (Å²) >= 11 is 1.56. The van der Waals surface area contributed by atoms with Gasteiger partial charge in [0, 0.05) is 17.8 Å². The predicted octanol–water partition coefficient (Wildman–Crippen LogP) is 2.62. The summed E-state index contributed by atoms with van der Waals surface area (Å²) in [5.41, 5.74) is 0.635. The molecule has 1 atom stereocenters. The summed E-state index contributed by atoms with van der Waals surface area (Å²) in [6, 6.07) is 4.47. The number of benzene rings is 1. The zero-order chi connectivity index (χ0) is 11.3. The first-order valence-corrected chi connectivity index (χ1v) is 5.73. The SMILES string of the molecule is COCCSc1ccc(F)cc1[C@H](C)O. The Labute approximate surface area is 93.5 Å². The van der Waals surface area contributed by atoms with Gasteiger partial charge in [-0.25, -0.2) is 4.39 Å². The van der Waals surface area contributed by atoms with Crippen molar-refractivity contribution in [2.45, 2.75) is 17.9 Å². The standard InChI is InChI=1S/C11H15FO2S/c1-8(13)10-7-9(12)3-4-11(10)15-6-5-14-2/h3-4,7-8,13H,5-6H2,1-2H3/t8-/m0/s1. The lowest BCUT2D eigenvalue weighted by Gasteiger charge is -2.11. The Balaban J connectivity index is 2.77. The number of hydrogen-bond donors (Lipinski definition) is 1. The summed E-state index contributed by atoms with van der Waals surface area (Å²) in [5, 5.41) is 9.47. The molecule has 2 nitrogen and oxygen atoms in total. The monoisotopic (exact) mass is 230 g/mol. The van der Waals surface area contributed by atoms with E-state index >= 15 is 0 Å². The molecular weight excluding hydrogens is 215 g/mol. The number of halogens is 1. The largest absolute Gasteiger partial charge is 0.389 e. The van der Waals surface area contributed by atoms with E-state index in [0.717, 1.165) is 10.6 Å². The maximum Gasteiger partial charge on any atom is 0.123 e. The highest BCUT2D eigenvalue weighted by molar-refractivity contribution is 7.99. The van der Waals surface area contributed by atoms with Gasteiger partial charge < -0.3 is 9.84 Å². The Morgan fingerprint density at radius 1 is 1.53 bits per heavy atom. The smallest absolute Gasteiger partial charge is 0.123 e. The maximum absolute atomic E-state index is 13.0. The molecule has 1 aromatic rings. The van der Waals surface area contributed by atoms with Crippen LogP contribution < -0.4 is 0 Å². The molecule has 0 unspecified atom stereocenters. The van der Waals surface area contributed by atoms with E-state index in [1.807, 2.05) is 0 Å². The molecule has 0 amide bonds. The van der Waals surface area contributed by atoms with Crippen LogP contribution in [0, 0.1) is 5.82 Å². The highest BCUT2D eigenvalue weighted by Crippen LogP contribution is 2.28. The molecule has 15 heavy (non-hydrogen) atoms. The summed E-state index contributed by atoms with van der Waals surface area (Å²) < 4.78 is 17.9. The molecule has 4 heteroatoms. The Bertz CT molecular complexity index is 315. The molecular formula is C11H15FO2S. The molecule has 0 spiro atoms. The molecule has 1 N–H and O–H groups in total. The molecule has 84 valence electrons. The molecule has 1 rings (SSSR count). The Kier molecular flexibility index (Phi) is 5.08. The molecule has 0 aliphatic carbocycles. The van der Waals surface area contributed by atoms with Crippen molar-refractivity contribution in [1.29, 1.82) is 0 Å². The van der Waals surface area contributed by atoms with Gasteiger partial charge in [0.25, 0.3) is 0 Å². The van der Waals surface area contributed by atoms with Crippen LogP contribution in [0.1, 0.15) is 18.6 Å². The number of methoxy groups -OCH3 is 1. The molecule has 0 bridgehead atoms. The predicted molar refractivity (Wildman–Crippen MR) is 59.6 cm³/mol. The molecule has 0 radical (unpaired) electrons. The number of thioether (sulfide) groups is 1. The number of rotatable bonds is 5. The average Bonchev–Trinajstić information content (AvgIpc) is 2.20. The lowest BCUT2D eigenvalue weighted by atomic mass is 10.1. The van der Waals surface area contributed by atoms with Crippen LogP contribution in [0.15, 0.2) is 23.1 Å².